The Hall–Kier alpha value is -1.55. The minimum atomic E-state index is -0.136. The minimum absolute atomic E-state index is 0.136. The normalized spacial score (nSPS) is 11.6. The smallest absolute Gasteiger partial charge is 0.137 e. The molecule has 0 aliphatic carbocycles. The number of aromatic nitrogens is 2. The van der Waals surface area contributed by atoms with E-state index in [0.717, 1.165) is 17.3 Å². The molecule has 0 unspecified atom stereocenters. The maximum Gasteiger partial charge on any atom is 0.137 e. The molecule has 1 N–H and O–H groups in total. The second kappa shape index (κ2) is 5.21. The quantitative estimate of drug-likeness (QED) is 0.865. The Morgan fingerprint density at radius 3 is 2.58 bits per heavy atom. The van der Waals surface area contributed by atoms with Gasteiger partial charge in [0.05, 0.1) is 6.54 Å². The fourth-order valence-corrected chi connectivity index (χ4v) is 1.78. The third-order valence-electron chi connectivity index (χ3n) is 2.61. The second-order valence-electron chi connectivity index (χ2n) is 5.52. The van der Waals surface area contributed by atoms with E-state index in [4.69, 9.17) is 16.0 Å². The molecular formula is C14H18ClN3O. The summed E-state index contributed by atoms with van der Waals surface area (Å²) in [5.74, 6) is 3.19. The van der Waals surface area contributed by atoms with Crippen LogP contribution in [0.15, 0.2) is 22.6 Å². The molecule has 0 fully saturated rings. The van der Waals surface area contributed by atoms with Crippen LogP contribution in [0, 0.1) is 6.92 Å². The van der Waals surface area contributed by atoms with Gasteiger partial charge in [0.1, 0.15) is 28.3 Å². The van der Waals surface area contributed by atoms with E-state index in [1.54, 1.807) is 6.07 Å². The molecular weight excluding hydrogens is 262 g/mol. The molecule has 2 aromatic heterocycles. The average molecular weight is 280 g/mol. The monoisotopic (exact) mass is 279 g/mol. The van der Waals surface area contributed by atoms with E-state index in [-0.39, 0.29) is 5.41 Å². The summed E-state index contributed by atoms with van der Waals surface area (Å²) in [6.07, 6.45) is 0. The summed E-state index contributed by atoms with van der Waals surface area (Å²) >= 11 is 6.03. The van der Waals surface area contributed by atoms with Crippen LogP contribution in [-0.4, -0.2) is 9.97 Å². The molecule has 0 atom stereocenters. The van der Waals surface area contributed by atoms with Crippen molar-refractivity contribution < 1.29 is 4.42 Å². The van der Waals surface area contributed by atoms with Crippen LogP contribution in [0.4, 0.5) is 5.82 Å². The first kappa shape index (κ1) is 13.9. The van der Waals surface area contributed by atoms with Crippen LogP contribution >= 0.6 is 11.6 Å². The highest BCUT2D eigenvalue weighted by molar-refractivity contribution is 6.29. The molecule has 102 valence electrons. The van der Waals surface area contributed by atoms with E-state index in [9.17, 15) is 0 Å². The van der Waals surface area contributed by atoms with Crippen molar-refractivity contribution in [2.75, 3.05) is 5.32 Å². The van der Waals surface area contributed by atoms with Gasteiger partial charge in [0.2, 0.25) is 0 Å². The zero-order chi connectivity index (χ0) is 14.0. The number of aryl methyl sites for hydroxylation is 1. The van der Waals surface area contributed by atoms with Gasteiger partial charge >= 0.3 is 0 Å². The van der Waals surface area contributed by atoms with E-state index < -0.39 is 0 Å². The van der Waals surface area contributed by atoms with Crippen LogP contribution in [0.5, 0.6) is 0 Å². The molecule has 0 spiro atoms. The Morgan fingerprint density at radius 1 is 1.26 bits per heavy atom. The highest BCUT2D eigenvalue weighted by Crippen LogP contribution is 2.22. The molecule has 2 rings (SSSR count). The minimum Gasteiger partial charge on any atom is -0.465 e. The Kier molecular flexibility index (Phi) is 3.80. The van der Waals surface area contributed by atoms with Gasteiger partial charge in [0, 0.05) is 11.5 Å². The maximum absolute atomic E-state index is 6.03. The van der Waals surface area contributed by atoms with Crippen molar-refractivity contribution in [2.24, 2.45) is 0 Å². The summed E-state index contributed by atoms with van der Waals surface area (Å²) in [7, 11) is 0. The molecule has 0 bridgehead atoms. The maximum atomic E-state index is 6.03. The lowest BCUT2D eigenvalue weighted by molar-refractivity contribution is 0.490. The molecule has 0 saturated carbocycles. The number of hydrogen-bond donors (Lipinski definition) is 1. The molecule has 5 heteroatoms. The average Bonchev–Trinajstić information content (AvgIpc) is 2.71. The molecule has 0 saturated heterocycles. The lowest BCUT2D eigenvalue weighted by Crippen LogP contribution is -2.17. The zero-order valence-corrected chi connectivity index (χ0v) is 12.4. The third-order valence-corrected chi connectivity index (χ3v) is 2.80. The lowest BCUT2D eigenvalue weighted by atomic mass is 9.96. The molecule has 4 nitrogen and oxygen atoms in total. The lowest BCUT2D eigenvalue weighted by Gasteiger charge is -2.17. The van der Waals surface area contributed by atoms with Crippen LogP contribution < -0.4 is 5.32 Å². The van der Waals surface area contributed by atoms with Crippen LogP contribution in [0.3, 0.4) is 0 Å². The van der Waals surface area contributed by atoms with Crippen molar-refractivity contribution in [1.82, 2.24) is 9.97 Å². The van der Waals surface area contributed by atoms with Gasteiger partial charge in [0.25, 0.3) is 0 Å². The summed E-state index contributed by atoms with van der Waals surface area (Å²) < 4.78 is 5.49. The number of rotatable bonds is 3. The number of halogens is 1. The zero-order valence-electron chi connectivity index (χ0n) is 11.6. The van der Waals surface area contributed by atoms with Gasteiger partial charge in [-0.15, -0.1) is 0 Å². The number of nitrogens with zero attached hydrogens (tertiary/aromatic N) is 2. The summed E-state index contributed by atoms with van der Waals surface area (Å²) in [6, 6.07) is 5.59. The predicted molar refractivity (Wildman–Crippen MR) is 76.5 cm³/mol. The fourth-order valence-electron chi connectivity index (χ4n) is 1.60. The van der Waals surface area contributed by atoms with Gasteiger partial charge in [0.15, 0.2) is 0 Å². The van der Waals surface area contributed by atoms with Crippen molar-refractivity contribution >= 4 is 17.4 Å². The van der Waals surface area contributed by atoms with Crippen molar-refractivity contribution in [3.05, 3.63) is 40.7 Å². The first-order chi connectivity index (χ1) is 8.84. The van der Waals surface area contributed by atoms with Gasteiger partial charge < -0.3 is 9.73 Å². The first-order valence-electron chi connectivity index (χ1n) is 6.19. The summed E-state index contributed by atoms with van der Waals surface area (Å²) in [6.45, 7) is 8.66. The standard InChI is InChI=1S/C14H18ClN3O/c1-9-5-6-10(19-9)8-16-12-7-11(15)17-13(18-12)14(2,3)4/h5-7H,8H2,1-4H3,(H,16,17,18). The Bertz CT molecular complexity index is 572. The molecule has 0 aliphatic rings. The van der Waals surface area contributed by atoms with Gasteiger partial charge in [-0.1, -0.05) is 32.4 Å². The SMILES string of the molecule is Cc1ccc(CNc2cc(Cl)nc(C(C)(C)C)n2)o1. The largest absolute Gasteiger partial charge is 0.465 e. The summed E-state index contributed by atoms with van der Waals surface area (Å²) in [5.41, 5.74) is -0.136. The van der Waals surface area contributed by atoms with Crippen LogP contribution in [0.1, 0.15) is 38.1 Å². The number of furan rings is 1. The fraction of sp³-hybridized carbons (Fsp3) is 0.429. The number of nitrogens with one attached hydrogen (secondary N) is 1. The molecule has 2 aromatic rings. The van der Waals surface area contributed by atoms with Crippen LogP contribution in [-0.2, 0) is 12.0 Å². The summed E-state index contributed by atoms with van der Waals surface area (Å²) in [5, 5.41) is 3.64. The van der Waals surface area contributed by atoms with Gasteiger partial charge in [-0.05, 0) is 19.1 Å². The van der Waals surface area contributed by atoms with E-state index >= 15 is 0 Å². The highest BCUT2D eigenvalue weighted by atomic mass is 35.5. The van der Waals surface area contributed by atoms with Crippen LogP contribution in [0.25, 0.3) is 0 Å². The molecule has 0 amide bonds. The van der Waals surface area contributed by atoms with Crippen molar-refractivity contribution in [1.29, 1.82) is 0 Å². The Labute approximate surface area is 118 Å². The molecule has 2 heterocycles. The summed E-state index contributed by atoms with van der Waals surface area (Å²) in [4.78, 5) is 8.73. The molecule has 0 aromatic carbocycles. The Morgan fingerprint density at radius 2 is 2.00 bits per heavy atom. The molecule has 19 heavy (non-hydrogen) atoms. The van der Waals surface area contributed by atoms with Crippen molar-refractivity contribution in [2.45, 2.75) is 39.7 Å². The van der Waals surface area contributed by atoms with E-state index in [2.05, 4.69) is 36.1 Å². The van der Waals surface area contributed by atoms with Gasteiger partial charge in [-0.25, -0.2) is 9.97 Å². The van der Waals surface area contributed by atoms with Gasteiger partial charge in [-0.2, -0.15) is 0 Å². The van der Waals surface area contributed by atoms with E-state index in [1.165, 1.54) is 0 Å². The van der Waals surface area contributed by atoms with E-state index in [0.29, 0.717) is 17.5 Å². The second-order valence-corrected chi connectivity index (χ2v) is 5.90. The molecule has 0 radical (unpaired) electrons. The number of anilines is 1. The van der Waals surface area contributed by atoms with E-state index in [1.807, 2.05) is 19.1 Å². The van der Waals surface area contributed by atoms with Gasteiger partial charge in [-0.3, -0.25) is 0 Å². The van der Waals surface area contributed by atoms with Crippen molar-refractivity contribution in [3.63, 3.8) is 0 Å². The highest BCUT2D eigenvalue weighted by Gasteiger charge is 2.18. The first-order valence-corrected chi connectivity index (χ1v) is 6.56. The third kappa shape index (κ3) is 3.70. The topological polar surface area (TPSA) is 51.0 Å². The molecule has 0 aliphatic heterocycles. The number of hydrogen-bond acceptors (Lipinski definition) is 4. The van der Waals surface area contributed by atoms with Crippen molar-refractivity contribution in [3.8, 4) is 0 Å². The van der Waals surface area contributed by atoms with Crippen LogP contribution in [0.2, 0.25) is 5.15 Å². The Balaban J connectivity index is 2.14. The predicted octanol–water partition coefficient (Wildman–Crippen LogP) is 3.94.